The Bertz CT molecular complexity index is 698. The van der Waals surface area contributed by atoms with Crippen LogP contribution in [0.15, 0.2) is 48.5 Å². The van der Waals surface area contributed by atoms with E-state index in [0.717, 1.165) is 50.4 Å². The first-order chi connectivity index (χ1) is 11.6. The molecule has 6 heteroatoms. The van der Waals surface area contributed by atoms with Crippen LogP contribution in [0.25, 0.3) is 0 Å². The molecule has 2 N–H and O–H groups in total. The minimum atomic E-state index is -0.370. The smallest absolute Gasteiger partial charge is 0.269 e. The molecule has 0 amide bonds. The summed E-state index contributed by atoms with van der Waals surface area (Å²) in [6.07, 6.45) is 0. The second-order valence-corrected chi connectivity index (χ2v) is 6.41. The Labute approximate surface area is 140 Å². The van der Waals surface area contributed by atoms with Gasteiger partial charge in [-0.2, -0.15) is 0 Å². The zero-order chi connectivity index (χ0) is 16.9. The van der Waals surface area contributed by atoms with Crippen molar-refractivity contribution in [3.05, 3.63) is 75.6 Å². The highest BCUT2D eigenvalue weighted by Crippen LogP contribution is 2.11. The van der Waals surface area contributed by atoms with Crippen molar-refractivity contribution in [2.45, 2.75) is 13.1 Å². The summed E-state index contributed by atoms with van der Waals surface area (Å²) >= 11 is 0. The minimum Gasteiger partial charge on any atom is -0.322 e. The van der Waals surface area contributed by atoms with Crippen molar-refractivity contribution in [3.8, 4) is 0 Å². The van der Waals surface area contributed by atoms with E-state index < -0.39 is 0 Å². The fraction of sp³-hybridized carbons (Fsp3) is 0.333. The van der Waals surface area contributed by atoms with Gasteiger partial charge in [-0.3, -0.25) is 10.1 Å². The van der Waals surface area contributed by atoms with Gasteiger partial charge in [-0.25, -0.2) is 4.39 Å². The maximum Gasteiger partial charge on any atom is 0.269 e. The average Bonchev–Trinajstić information content (AvgIpc) is 2.57. The van der Waals surface area contributed by atoms with Crippen LogP contribution in [0.3, 0.4) is 0 Å². The van der Waals surface area contributed by atoms with Gasteiger partial charge in [0.1, 0.15) is 45.1 Å². The molecule has 0 spiro atoms. The van der Waals surface area contributed by atoms with Crippen LogP contribution in [0.4, 0.5) is 10.1 Å². The van der Waals surface area contributed by atoms with E-state index in [1.54, 1.807) is 24.3 Å². The van der Waals surface area contributed by atoms with Crippen LogP contribution in [-0.4, -0.2) is 31.1 Å². The lowest BCUT2D eigenvalue weighted by Crippen LogP contribution is -3.27. The van der Waals surface area contributed by atoms with Gasteiger partial charge in [-0.15, -0.1) is 0 Å². The van der Waals surface area contributed by atoms with Gasteiger partial charge >= 0.3 is 0 Å². The number of piperazine rings is 1. The van der Waals surface area contributed by atoms with Crippen LogP contribution in [0.1, 0.15) is 11.1 Å². The average molecular weight is 331 g/mol. The molecule has 0 unspecified atom stereocenters. The molecule has 2 aromatic rings. The van der Waals surface area contributed by atoms with E-state index in [-0.39, 0.29) is 16.4 Å². The van der Waals surface area contributed by atoms with Crippen molar-refractivity contribution in [3.63, 3.8) is 0 Å². The molecule has 3 rings (SSSR count). The normalized spacial score (nSPS) is 20.7. The molecule has 1 aliphatic rings. The summed E-state index contributed by atoms with van der Waals surface area (Å²) in [5, 5.41) is 10.7. The number of non-ortho nitro benzene ring substituents is 1. The first-order valence-electron chi connectivity index (χ1n) is 8.25. The van der Waals surface area contributed by atoms with Gasteiger partial charge < -0.3 is 9.80 Å². The highest BCUT2D eigenvalue weighted by atomic mass is 19.1. The summed E-state index contributed by atoms with van der Waals surface area (Å²) in [6, 6.07) is 13.7. The molecule has 1 aliphatic heterocycles. The second-order valence-electron chi connectivity index (χ2n) is 6.41. The third-order valence-corrected chi connectivity index (χ3v) is 4.61. The summed E-state index contributed by atoms with van der Waals surface area (Å²) < 4.78 is 13.2. The van der Waals surface area contributed by atoms with Crippen molar-refractivity contribution >= 4 is 5.69 Å². The SMILES string of the molecule is O=[N+]([O-])c1ccc(C[NH+]2CC[NH+](Cc3cccc(F)c3)CC2)cc1. The Morgan fingerprint density at radius 2 is 1.50 bits per heavy atom. The van der Waals surface area contributed by atoms with Gasteiger partial charge in [0, 0.05) is 23.3 Å². The predicted octanol–water partition coefficient (Wildman–Crippen LogP) is 0.218. The monoisotopic (exact) mass is 331 g/mol. The zero-order valence-electron chi connectivity index (χ0n) is 13.5. The van der Waals surface area contributed by atoms with Crippen LogP contribution >= 0.6 is 0 Å². The molecule has 0 aromatic heterocycles. The number of hydrogen-bond acceptors (Lipinski definition) is 2. The molecule has 1 fully saturated rings. The number of nitrogens with one attached hydrogen (secondary N) is 2. The Hall–Kier alpha value is -2.31. The van der Waals surface area contributed by atoms with E-state index in [4.69, 9.17) is 0 Å². The summed E-state index contributed by atoms with van der Waals surface area (Å²) in [5.74, 6) is -0.172. The summed E-state index contributed by atoms with van der Waals surface area (Å²) in [5.41, 5.74) is 2.31. The number of benzene rings is 2. The lowest BCUT2D eigenvalue weighted by molar-refractivity contribution is -1.02. The number of rotatable bonds is 5. The molecule has 1 saturated heterocycles. The molecule has 1 heterocycles. The van der Waals surface area contributed by atoms with E-state index >= 15 is 0 Å². The van der Waals surface area contributed by atoms with Crippen LogP contribution in [0.5, 0.6) is 0 Å². The van der Waals surface area contributed by atoms with Crippen LogP contribution in [0.2, 0.25) is 0 Å². The molecule has 2 aromatic carbocycles. The molecule has 0 radical (unpaired) electrons. The van der Waals surface area contributed by atoms with Crippen LogP contribution in [-0.2, 0) is 13.1 Å². The third-order valence-electron chi connectivity index (χ3n) is 4.61. The molecular weight excluding hydrogens is 309 g/mol. The van der Waals surface area contributed by atoms with Gasteiger partial charge in [0.2, 0.25) is 0 Å². The fourth-order valence-electron chi connectivity index (χ4n) is 3.27. The number of nitro groups is 1. The Morgan fingerprint density at radius 3 is 2.04 bits per heavy atom. The lowest BCUT2D eigenvalue weighted by Gasteiger charge is -2.29. The highest BCUT2D eigenvalue weighted by Gasteiger charge is 2.23. The zero-order valence-corrected chi connectivity index (χ0v) is 13.5. The van der Waals surface area contributed by atoms with Gasteiger partial charge in [-0.05, 0) is 24.3 Å². The number of quaternary nitrogens is 2. The lowest BCUT2D eigenvalue weighted by atomic mass is 10.1. The van der Waals surface area contributed by atoms with E-state index in [0.29, 0.717) is 0 Å². The minimum absolute atomic E-state index is 0.137. The van der Waals surface area contributed by atoms with Gasteiger partial charge in [0.25, 0.3) is 5.69 Å². The molecule has 0 saturated carbocycles. The molecule has 0 aliphatic carbocycles. The van der Waals surface area contributed by atoms with Crippen molar-refractivity contribution in [1.82, 2.24) is 0 Å². The van der Waals surface area contributed by atoms with E-state index in [1.165, 1.54) is 15.9 Å². The predicted molar refractivity (Wildman–Crippen MR) is 88.3 cm³/mol. The number of halogens is 1. The number of nitrogens with zero attached hydrogens (tertiary/aromatic N) is 1. The first-order valence-corrected chi connectivity index (χ1v) is 8.25. The van der Waals surface area contributed by atoms with Crippen molar-refractivity contribution in [2.24, 2.45) is 0 Å². The van der Waals surface area contributed by atoms with Gasteiger partial charge in [-0.1, -0.05) is 12.1 Å². The number of hydrogen-bond donors (Lipinski definition) is 2. The standard InChI is InChI=1S/C18H20FN3O2/c19-17-3-1-2-16(12-17)14-21-10-8-20(9-11-21)13-15-4-6-18(7-5-15)22(23)24/h1-7,12H,8-11,13-14H2/p+2. The Morgan fingerprint density at radius 1 is 0.917 bits per heavy atom. The van der Waals surface area contributed by atoms with Crippen molar-refractivity contribution in [2.75, 3.05) is 26.2 Å². The van der Waals surface area contributed by atoms with Crippen LogP contribution in [0, 0.1) is 15.9 Å². The molecule has 0 atom stereocenters. The van der Waals surface area contributed by atoms with Gasteiger partial charge in [0.05, 0.1) is 4.92 Å². The highest BCUT2D eigenvalue weighted by molar-refractivity contribution is 5.32. The third kappa shape index (κ3) is 4.37. The van der Waals surface area contributed by atoms with E-state index in [1.807, 2.05) is 18.2 Å². The molecule has 24 heavy (non-hydrogen) atoms. The van der Waals surface area contributed by atoms with Gasteiger partial charge in [0.15, 0.2) is 0 Å². The fourth-order valence-corrected chi connectivity index (χ4v) is 3.27. The number of nitro benzene ring substituents is 1. The second kappa shape index (κ2) is 7.51. The van der Waals surface area contributed by atoms with E-state index in [9.17, 15) is 14.5 Å². The first kappa shape index (κ1) is 16.5. The maximum atomic E-state index is 13.2. The summed E-state index contributed by atoms with van der Waals surface area (Å²) in [7, 11) is 0. The molecule has 5 nitrogen and oxygen atoms in total. The molecular formula is C18H22FN3O2+2. The topological polar surface area (TPSA) is 52.0 Å². The maximum absolute atomic E-state index is 13.2. The Balaban J connectivity index is 1.49. The Kier molecular flexibility index (Phi) is 5.17. The molecule has 0 bridgehead atoms. The summed E-state index contributed by atoms with van der Waals surface area (Å²) in [6.45, 7) is 5.98. The molecule has 126 valence electrons. The summed E-state index contributed by atoms with van der Waals surface area (Å²) in [4.78, 5) is 13.3. The quantitative estimate of drug-likeness (QED) is 0.608. The largest absolute Gasteiger partial charge is 0.322 e. The van der Waals surface area contributed by atoms with Crippen LogP contribution < -0.4 is 9.80 Å². The van der Waals surface area contributed by atoms with Crippen molar-refractivity contribution < 1.29 is 19.1 Å². The van der Waals surface area contributed by atoms with E-state index in [2.05, 4.69) is 0 Å². The van der Waals surface area contributed by atoms with Crippen molar-refractivity contribution in [1.29, 1.82) is 0 Å².